The largest absolute Gasteiger partial charge is 0.449 e. The molecule has 2 aromatic carbocycles. The van der Waals surface area contributed by atoms with Crippen LogP contribution in [-0.4, -0.2) is 54.3 Å². The number of fused-ring (bicyclic) bond motifs is 1. The van der Waals surface area contributed by atoms with Crippen LogP contribution in [0.5, 0.6) is 0 Å². The van der Waals surface area contributed by atoms with Crippen molar-refractivity contribution in [3.63, 3.8) is 0 Å². The number of aryl methyl sites for hydroxylation is 2. The second-order valence-corrected chi connectivity index (χ2v) is 8.06. The highest BCUT2D eigenvalue weighted by Gasteiger charge is 2.27. The first-order valence-electron chi connectivity index (χ1n) is 9.98. The fourth-order valence-electron chi connectivity index (χ4n) is 3.71. The fourth-order valence-corrected chi connectivity index (χ4v) is 3.92. The number of benzene rings is 2. The van der Waals surface area contributed by atoms with E-state index in [0.29, 0.717) is 49.1 Å². The van der Waals surface area contributed by atoms with E-state index in [9.17, 15) is 9.59 Å². The number of furan rings is 1. The molecule has 2 heterocycles. The van der Waals surface area contributed by atoms with Crippen molar-refractivity contribution in [3.05, 3.63) is 64.4 Å². The number of carbonyl (C=O) groups is 2. The molecule has 1 fully saturated rings. The van der Waals surface area contributed by atoms with Crippen LogP contribution in [0.2, 0.25) is 5.02 Å². The Morgan fingerprint density at radius 2 is 1.73 bits per heavy atom. The highest BCUT2D eigenvalue weighted by atomic mass is 35.5. The van der Waals surface area contributed by atoms with E-state index in [-0.39, 0.29) is 11.8 Å². The lowest BCUT2D eigenvalue weighted by molar-refractivity contribution is -0.117. The van der Waals surface area contributed by atoms with Crippen LogP contribution in [0.1, 0.15) is 21.7 Å². The molecule has 2 amide bonds. The molecule has 7 heteroatoms. The number of anilines is 1. The van der Waals surface area contributed by atoms with Gasteiger partial charge in [0.25, 0.3) is 5.91 Å². The molecule has 0 unspecified atom stereocenters. The predicted octanol–water partition coefficient (Wildman–Crippen LogP) is 4.10. The Labute approximate surface area is 180 Å². The molecule has 0 aliphatic carbocycles. The zero-order valence-corrected chi connectivity index (χ0v) is 17.8. The van der Waals surface area contributed by atoms with E-state index in [4.69, 9.17) is 16.0 Å². The minimum atomic E-state index is -0.136. The lowest BCUT2D eigenvalue weighted by atomic mass is 10.1. The van der Waals surface area contributed by atoms with Crippen molar-refractivity contribution < 1.29 is 14.0 Å². The van der Waals surface area contributed by atoms with Gasteiger partial charge in [0.05, 0.1) is 11.6 Å². The highest BCUT2D eigenvalue weighted by Crippen LogP contribution is 2.31. The maximum Gasteiger partial charge on any atom is 0.289 e. The van der Waals surface area contributed by atoms with Gasteiger partial charge in [0, 0.05) is 42.8 Å². The van der Waals surface area contributed by atoms with Crippen LogP contribution < -0.4 is 5.32 Å². The van der Waals surface area contributed by atoms with Gasteiger partial charge >= 0.3 is 0 Å². The molecular formula is C23H24ClN3O3. The smallest absolute Gasteiger partial charge is 0.289 e. The number of hydrogen-bond donors (Lipinski definition) is 1. The molecule has 3 aromatic rings. The molecule has 6 nitrogen and oxygen atoms in total. The molecule has 1 aliphatic rings. The summed E-state index contributed by atoms with van der Waals surface area (Å²) in [6, 6.07) is 13.2. The van der Waals surface area contributed by atoms with Crippen molar-refractivity contribution >= 4 is 40.1 Å². The molecule has 30 heavy (non-hydrogen) atoms. The number of halogens is 1. The Balaban J connectivity index is 1.34. The molecule has 1 aromatic heterocycles. The highest BCUT2D eigenvalue weighted by molar-refractivity contribution is 6.35. The average Bonchev–Trinajstić information content (AvgIpc) is 3.08. The first-order valence-corrected chi connectivity index (χ1v) is 10.4. The molecule has 156 valence electrons. The van der Waals surface area contributed by atoms with Crippen LogP contribution >= 0.6 is 11.6 Å². The van der Waals surface area contributed by atoms with Gasteiger partial charge in [-0.1, -0.05) is 41.4 Å². The van der Waals surface area contributed by atoms with Gasteiger partial charge in [-0.25, -0.2) is 0 Å². The van der Waals surface area contributed by atoms with Crippen molar-refractivity contribution in [2.45, 2.75) is 13.8 Å². The van der Waals surface area contributed by atoms with Crippen LogP contribution in [0.4, 0.5) is 5.69 Å². The second-order valence-electron chi connectivity index (χ2n) is 7.66. The number of hydrogen-bond acceptors (Lipinski definition) is 4. The molecule has 1 aliphatic heterocycles. The van der Waals surface area contributed by atoms with E-state index in [1.54, 1.807) is 11.0 Å². The third kappa shape index (κ3) is 4.20. The molecular weight excluding hydrogens is 402 g/mol. The fraction of sp³-hybridized carbons (Fsp3) is 0.304. The molecule has 4 rings (SSSR count). The third-order valence-electron chi connectivity index (χ3n) is 5.47. The Hall–Kier alpha value is -2.83. The standard InChI is InChI=1S/C23H24ClN3O3/c1-15-6-8-17(9-7-15)25-20(28)14-26-10-12-27(13-11-26)23(29)21-16(2)18-4-3-5-19(24)22(18)30-21/h3-9H,10-14H2,1-2H3,(H,25,28). The van der Waals surface area contributed by atoms with Gasteiger partial charge in [-0.15, -0.1) is 0 Å². The Morgan fingerprint density at radius 3 is 2.40 bits per heavy atom. The third-order valence-corrected chi connectivity index (χ3v) is 5.77. The number of rotatable bonds is 4. The summed E-state index contributed by atoms with van der Waals surface area (Å²) in [6.07, 6.45) is 0. The first-order chi connectivity index (χ1) is 14.4. The molecule has 0 spiro atoms. The molecule has 0 saturated carbocycles. The summed E-state index contributed by atoms with van der Waals surface area (Å²) in [5, 5.41) is 4.27. The maximum atomic E-state index is 13.0. The Morgan fingerprint density at radius 1 is 1.03 bits per heavy atom. The lowest BCUT2D eigenvalue weighted by Gasteiger charge is -2.33. The van der Waals surface area contributed by atoms with Gasteiger partial charge in [-0.2, -0.15) is 0 Å². The molecule has 0 bridgehead atoms. The summed E-state index contributed by atoms with van der Waals surface area (Å²) in [5.41, 5.74) is 3.29. The van der Waals surface area contributed by atoms with Gasteiger partial charge in [0.1, 0.15) is 0 Å². The van der Waals surface area contributed by atoms with Crippen LogP contribution in [-0.2, 0) is 4.79 Å². The summed E-state index contributed by atoms with van der Waals surface area (Å²) in [5.74, 6) is 0.147. The predicted molar refractivity (Wildman–Crippen MR) is 118 cm³/mol. The van der Waals surface area contributed by atoms with E-state index in [1.807, 2.05) is 50.2 Å². The Bertz CT molecular complexity index is 1080. The second kappa shape index (κ2) is 8.50. The minimum Gasteiger partial charge on any atom is -0.449 e. The van der Waals surface area contributed by atoms with E-state index in [0.717, 1.165) is 22.2 Å². The topological polar surface area (TPSA) is 65.8 Å². The molecule has 1 saturated heterocycles. The van der Waals surface area contributed by atoms with Gasteiger partial charge < -0.3 is 14.6 Å². The molecule has 1 N–H and O–H groups in total. The van der Waals surface area contributed by atoms with Crippen molar-refractivity contribution in [2.75, 3.05) is 38.0 Å². The van der Waals surface area contributed by atoms with Crippen LogP contribution in [0.25, 0.3) is 11.0 Å². The van der Waals surface area contributed by atoms with Crippen LogP contribution in [0.15, 0.2) is 46.9 Å². The summed E-state index contributed by atoms with van der Waals surface area (Å²) in [7, 11) is 0. The number of nitrogens with one attached hydrogen (secondary N) is 1. The molecule has 0 atom stereocenters. The number of para-hydroxylation sites is 1. The number of amides is 2. The van der Waals surface area contributed by atoms with Gasteiger partial charge in [-0.05, 0) is 32.0 Å². The van der Waals surface area contributed by atoms with Crippen molar-refractivity contribution in [1.29, 1.82) is 0 Å². The van der Waals surface area contributed by atoms with Crippen LogP contribution in [0.3, 0.4) is 0 Å². The van der Waals surface area contributed by atoms with Crippen molar-refractivity contribution in [3.8, 4) is 0 Å². The number of piperazine rings is 1. The average molecular weight is 426 g/mol. The minimum absolute atomic E-state index is 0.0543. The summed E-state index contributed by atoms with van der Waals surface area (Å²) < 4.78 is 5.81. The number of nitrogens with zero attached hydrogens (tertiary/aromatic N) is 2. The van der Waals surface area contributed by atoms with E-state index in [2.05, 4.69) is 10.2 Å². The zero-order valence-electron chi connectivity index (χ0n) is 17.1. The SMILES string of the molecule is Cc1ccc(NC(=O)CN2CCN(C(=O)c3oc4c(Cl)cccc4c3C)CC2)cc1. The quantitative estimate of drug-likeness (QED) is 0.683. The van der Waals surface area contributed by atoms with Gasteiger partial charge in [0.2, 0.25) is 5.91 Å². The van der Waals surface area contributed by atoms with E-state index in [1.165, 1.54) is 0 Å². The zero-order chi connectivity index (χ0) is 21.3. The Kier molecular flexibility index (Phi) is 5.79. The lowest BCUT2D eigenvalue weighted by Crippen LogP contribution is -2.50. The summed E-state index contributed by atoms with van der Waals surface area (Å²) >= 11 is 6.20. The van der Waals surface area contributed by atoms with E-state index >= 15 is 0 Å². The monoisotopic (exact) mass is 425 g/mol. The first kappa shape index (κ1) is 20.4. The van der Waals surface area contributed by atoms with Crippen LogP contribution in [0, 0.1) is 13.8 Å². The normalized spacial score (nSPS) is 14.8. The van der Waals surface area contributed by atoms with Crippen molar-refractivity contribution in [1.82, 2.24) is 9.80 Å². The van der Waals surface area contributed by atoms with E-state index < -0.39 is 0 Å². The maximum absolute atomic E-state index is 13.0. The molecule has 0 radical (unpaired) electrons. The van der Waals surface area contributed by atoms with Gasteiger partial charge in [-0.3, -0.25) is 14.5 Å². The van der Waals surface area contributed by atoms with Crippen molar-refractivity contribution in [2.24, 2.45) is 0 Å². The summed E-state index contributed by atoms with van der Waals surface area (Å²) in [6.45, 7) is 6.53. The number of carbonyl (C=O) groups excluding carboxylic acids is 2. The summed E-state index contributed by atoms with van der Waals surface area (Å²) in [4.78, 5) is 29.1. The van der Waals surface area contributed by atoms with Gasteiger partial charge in [0.15, 0.2) is 11.3 Å².